The number of hydrogen-bond donors (Lipinski definition) is 0. The number of nitrogens with zero attached hydrogens (tertiary/aromatic N) is 4. The zero-order chi connectivity index (χ0) is 34.9. The summed E-state index contributed by atoms with van der Waals surface area (Å²) < 4.78 is 6.00. The molecule has 0 unspecified atom stereocenters. The zero-order valence-corrected chi connectivity index (χ0v) is 30.5. The van der Waals surface area contributed by atoms with Gasteiger partial charge in [-0.3, -0.25) is 0 Å². The molecule has 0 aliphatic heterocycles. The fourth-order valence-corrected chi connectivity index (χ4v) is 10.6. The second-order valence-corrected chi connectivity index (χ2v) is 16.2. The van der Waals surface area contributed by atoms with Gasteiger partial charge in [0.15, 0.2) is 17.5 Å². The first-order chi connectivity index (χ1) is 26.2. The van der Waals surface area contributed by atoms with Crippen LogP contribution < -0.4 is 0 Å². The molecule has 11 rings (SSSR count). The predicted molar refractivity (Wildman–Crippen MR) is 226 cm³/mol. The summed E-state index contributed by atoms with van der Waals surface area (Å²) >= 11 is 5.32. The van der Waals surface area contributed by atoms with Crippen LogP contribution in [-0.4, -0.2) is 19.9 Å². The molecule has 0 aliphatic carbocycles. The Kier molecular flexibility index (Phi) is 7.05. The summed E-state index contributed by atoms with van der Waals surface area (Å²) in [5.41, 5.74) is 7.54. The largest absolute Gasteiger partial charge is 0.236 e. The molecule has 0 atom stereocenters. The van der Waals surface area contributed by atoms with Gasteiger partial charge in [0.2, 0.25) is 0 Å². The van der Waals surface area contributed by atoms with Crippen LogP contribution in [-0.2, 0) is 0 Å². The smallest absolute Gasteiger partial charge is 0.165 e. The Morgan fingerprint density at radius 3 is 1.64 bits per heavy atom. The molecule has 7 heteroatoms. The Morgan fingerprint density at radius 2 is 0.906 bits per heavy atom. The maximum atomic E-state index is 5.24. The van der Waals surface area contributed by atoms with Crippen LogP contribution in [0.4, 0.5) is 0 Å². The van der Waals surface area contributed by atoms with Gasteiger partial charge in [0.05, 0.1) is 10.2 Å². The van der Waals surface area contributed by atoms with Gasteiger partial charge in [-0.15, -0.1) is 34.0 Å². The first-order valence-electron chi connectivity index (χ1n) is 17.4. The summed E-state index contributed by atoms with van der Waals surface area (Å²) in [6, 6.07) is 55.5. The average Bonchev–Trinajstić information content (AvgIpc) is 3.94. The maximum absolute atomic E-state index is 5.24. The normalized spacial score (nSPS) is 11.8. The summed E-state index contributed by atoms with van der Waals surface area (Å²) in [5, 5.41) is 5.89. The molecule has 0 bridgehead atoms. The van der Waals surface area contributed by atoms with Gasteiger partial charge < -0.3 is 0 Å². The number of benzene rings is 7. The van der Waals surface area contributed by atoms with E-state index in [2.05, 4.69) is 140 Å². The first-order valence-corrected chi connectivity index (χ1v) is 19.8. The minimum atomic E-state index is 0.662. The standard InChI is InChI=1S/C46H26N4S3/c1-3-11-27(12-4-1)29-21-23-37-40(26-29)53-46(47-37)30-22-24-39-36(25-30)33-17-10-19-35(42(33)52-39)45-49-43(28-13-5-2-6-14-28)48-44(50-45)34-18-9-16-32-31-15-7-8-20-38(31)51-41(32)34/h1-26H. The summed E-state index contributed by atoms with van der Waals surface area (Å²) in [7, 11) is 0. The van der Waals surface area contributed by atoms with Crippen molar-refractivity contribution in [2.75, 3.05) is 0 Å². The van der Waals surface area contributed by atoms with Gasteiger partial charge in [-0.05, 0) is 53.6 Å². The highest BCUT2D eigenvalue weighted by molar-refractivity contribution is 7.26. The van der Waals surface area contributed by atoms with Gasteiger partial charge in [-0.2, -0.15) is 0 Å². The molecule has 248 valence electrons. The van der Waals surface area contributed by atoms with E-state index in [0.29, 0.717) is 17.5 Å². The van der Waals surface area contributed by atoms with Gasteiger partial charge in [-0.25, -0.2) is 19.9 Å². The highest BCUT2D eigenvalue weighted by atomic mass is 32.1. The summed E-state index contributed by atoms with van der Waals surface area (Å²) in [5.74, 6) is 2.01. The van der Waals surface area contributed by atoms with Gasteiger partial charge in [-0.1, -0.05) is 115 Å². The van der Waals surface area contributed by atoms with E-state index in [0.717, 1.165) is 37.5 Å². The molecule has 0 N–H and O–H groups in total. The lowest BCUT2D eigenvalue weighted by Gasteiger charge is -2.09. The van der Waals surface area contributed by atoms with E-state index in [-0.39, 0.29) is 0 Å². The van der Waals surface area contributed by atoms with Crippen LogP contribution in [0.15, 0.2) is 158 Å². The van der Waals surface area contributed by atoms with Crippen molar-refractivity contribution in [2.45, 2.75) is 0 Å². The van der Waals surface area contributed by atoms with Gasteiger partial charge in [0.1, 0.15) is 5.01 Å². The van der Waals surface area contributed by atoms with Crippen molar-refractivity contribution >= 4 is 84.6 Å². The third-order valence-corrected chi connectivity index (χ3v) is 13.3. The molecule has 0 saturated carbocycles. The van der Waals surface area contributed by atoms with Crippen LogP contribution in [0, 0.1) is 0 Å². The summed E-state index contributed by atoms with van der Waals surface area (Å²) in [6.07, 6.45) is 0. The van der Waals surface area contributed by atoms with Gasteiger partial charge in [0.25, 0.3) is 0 Å². The monoisotopic (exact) mass is 730 g/mol. The third kappa shape index (κ3) is 5.16. The van der Waals surface area contributed by atoms with E-state index in [1.54, 1.807) is 34.0 Å². The van der Waals surface area contributed by atoms with Crippen molar-refractivity contribution in [1.82, 2.24) is 19.9 Å². The Labute approximate surface area is 316 Å². The van der Waals surface area contributed by atoms with E-state index in [4.69, 9.17) is 19.9 Å². The molecule has 4 aromatic heterocycles. The zero-order valence-electron chi connectivity index (χ0n) is 28.0. The maximum Gasteiger partial charge on any atom is 0.165 e. The van der Waals surface area contributed by atoms with E-state index >= 15 is 0 Å². The topological polar surface area (TPSA) is 51.6 Å². The third-order valence-electron chi connectivity index (χ3n) is 9.79. The van der Waals surface area contributed by atoms with Crippen LogP contribution in [0.25, 0.3) is 106 Å². The molecule has 7 aromatic carbocycles. The van der Waals surface area contributed by atoms with Crippen molar-refractivity contribution in [2.24, 2.45) is 0 Å². The number of hydrogen-bond acceptors (Lipinski definition) is 7. The number of aromatic nitrogens is 4. The molecule has 0 fully saturated rings. The summed E-state index contributed by atoms with van der Waals surface area (Å²) in [4.78, 5) is 20.6. The molecule has 4 heterocycles. The Morgan fingerprint density at radius 1 is 0.321 bits per heavy atom. The minimum Gasteiger partial charge on any atom is -0.236 e. The summed E-state index contributed by atoms with van der Waals surface area (Å²) in [6.45, 7) is 0. The SMILES string of the molecule is c1ccc(-c2ccc3nc(-c4ccc5sc6c(-c7nc(-c8ccccc8)nc(-c8cccc9c8sc8ccccc89)n7)cccc6c5c4)sc3c2)cc1. The van der Waals surface area contributed by atoms with Crippen LogP contribution in [0.3, 0.4) is 0 Å². The van der Waals surface area contributed by atoms with Crippen molar-refractivity contribution in [1.29, 1.82) is 0 Å². The van der Waals surface area contributed by atoms with E-state index < -0.39 is 0 Å². The van der Waals surface area contributed by atoms with Gasteiger partial charge >= 0.3 is 0 Å². The highest BCUT2D eigenvalue weighted by Crippen LogP contribution is 2.43. The number of thiazole rings is 1. The molecule has 0 aliphatic rings. The highest BCUT2D eigenvalue weighted by Gasteiger charge is 2.19. The van der Waals surface area contributed by atoms with Crippen LogP contribution in [0.5, 0.6) is 0 Å². The first kappa shape index (κ1) is 30.5. The van der Waals surface area contributed by atoms with Gasteiger partial charge in [0, 0.05) is 62.6 Å². The van der Waals surface area contributed by atoms with Crippen molar-refractivity contribution in [3.63, 3.8) is 0 Å². The second-order valence-electron chi connectivity index (χ2n) is 13.0. The average molecular weight is 731 g/mol. The molecular weight excluding hydrogens is 705 g/mol. The molecule has 0 radical (unpaired) electrons. The van der Waals surface area contributed by atoms with Crippen LogP contribution >= 0.6 is 34.0 Å². The quantitative estimate of drug-likeness (QED) is 0.177. The number of fused-ring (bicyclic) bond motifs is 7. The molecule has 0 saturated heterocycles. The Hall–Kier alpha value is -6.12. The lowest BCUT2D eigenvalue weighted by atomic mass is 10.1. The van der Waals surface area contributed by atoms with Crippen molar-refractivity contribution in [3.05, 3.63) is 158 Å². The van der Waals surface area contributed by atoms with Crippen molar-refractivity contribution < 1.29 is 0 Å². The molecule has 0 amide bonds. The Balaban J connectivity index is 1.06. The van der Waals surface area contributed by atoms with Crippen molar-refractivity contribution in [3.8, 4) is 55.9 Å². The Bertz CT molecular complexity index is 3180. The van der Waals surface area contributed by atoms with E-state index in [1.165, 1.54) is 51.5 Å². The molecular formula is C46H26N4S3. The molecule has 53 heavy (non-hydrogen) atoms. The fourth-order valence-electron chi connectivity index (χ4n) is 7.22. The molecule has 0 spiro atoms. The molecule has 4 nitrogen and oxygen atoms in total. The lowest BCUT2D eigenvalue weighted by molar-refractivity contribution is 1.08. The predicted octanol–water partition coefficient (Wildman–Crippen LogP) is 13.6. The lowest BCUT2D eigenvalue weighted by Crippen LogP contribution is -2.00. The molecule has 11 aromatic rings. The minimum absolute atomic E-state index is 0.662. The van der Waals surface area contributed by atoms with E-state index in [9.17, 15) is 0 Å². The van der Waals surface area contributed by atoms with Crippen LogP contribution in [0.1, 0.15) is 0 Å². The van der Waals surface area contributed by atoms with Crippen LogP contribution in [0.2, 0.25) is 0 Å². The second kappa shape index (κ2) is 12.2. The number of thiophene rings is 2. The van der Waals surface area contributed by atoms with E-state index in [1.807, 2.05) is 18.2 Å². The fraction of sp³-hybridized carbons (Fsp3) is 0. The number of rotatable bonds is 5.